The Morgan fingerprint density at radius 1 is 0.960 bits per heavy atom. The van der Waals surface area contributed by atoms with Crippen LogP contribution in [0.25, 0.3) is 0 Å². The molecule has 1 amide bonds. The number of hydrogen-bond acceptors (Lipinski definition) is 5. The standard InChI is InChI=1S/C19H20N2O4/c1-13(22)15-4-3-5-17(12-15)20-11-10-18(23)21-16-8-6-14(7-9-16)19(24)25-2/h3-9,12,20H,10-11H2,1-2H3,(H,21,23). The molecule has 6 heteroatoms. The van der Waals surface area contributed by atoms with Crippen molar-refractivity contribution in [2.75, 3.05) is 24.3 Å². The Labute approximate surface area is 146 Å². The van der Waals surface area contributed by atoms with Crippen molar-refractivity contribution >= 4 is 29.0 Å². The fourth-order valence-electron chi connectivity index (χ4n) is 2.20. The molecule has 0 aliphatic rings. The van der Waals surface area contributed by atoms with Gasteiger partial charge in [-0.05, 0) is 43.3 Å². The Morgan fingerprint density at radius 3 is 2.32 bits per heavy atom. The summed E-state index contributed by atoms with van der Waals surface area (Å²) in [5.74, 6) is -0.576. The SMILES string of the molecule is COC(=O)c1ccc(NC(=O)CCNc2cccc(C(C)=O)c2)cc1. The average Bonchev–Trinajstić information content (AvgIpc) is 2.62. The van der Waals surface area contributed by atoms with E-state index in [0.717, 1.165) is 5.69 Å². The third kappa shape index (κ3) is 5.46. The molecule has 25 heavy (non-hydrogen) atoms. The van der Waals surface area contributed by atoms with Crippen molar-refractivity contribution in [3.8, 4) is 0 Å². The molecule has 2 aromatic rings. The third-order valence-electron chi connectivity index (χ3n) is 3.54. The van der Waals surface area contributed by atoms with Crippen LogP contribution in [0.2, 0.25) is 0 Å². The van der Waals surface area contributed by atoms with Gasteiger partial charge in [0.2, 0.25) is 5.91 Å². The molecule has 0 saturated heterocycles. The third-order valence-corrected chi connectivity index (χ3v) is 3.54. The van der Waals surface area contributed by atoms with Gasteiger partial charge < -0.3 is 15.4 Å². The van der Waals surface area contributed by atoms with Crippen LogP contribution in [-0.2, 0) is 9.53 Å². The summed E-state index contributed by atoms with van der Waals surface area (Å²) in [5, 5.41) is 5.87. The number of nitrogens with one attached hydrogen (secondary N) is 2. The summed E-state index contributed by atoms with van der Waals surface area (Å²) in [6, 6.07) is 13.6. The summed E-state index contributed by atoms with van der Waals surface area (Å²) >= 11 is 0. The second-order valence-corrected chi connectivity index (χ2v) is 5.43. The van der Waals surface area contributed by atoms with E-state index >= 15 is 0 Å². The van der Waals surface area contributed by atoms with Crippen molar-refractivity contribution in [3.05, 3.63) is 59.7 Å². The molecule has 0 unspecified atom stereocenters. The molecular weight excluding hydrogens is 320 g/mol. The van der Waals surface area contributed by atoms with Gasteiger partial charge >= 0.3 is 5.97 Å². The molecular formula is C19H20N2O4. The molecule has 6 nitrogen and oxygen atoms in total. The van der Waals surface area contributed by atoms with E-state index in [1.54, 1.807) is 42.5 Å². The fourth-order valence-corrected chi connectivity index (χ4v) is 2.20. The van der Waals surface area contributed by atoms with Gasteiger partial charge in [-0.25, -0.2) is 4.79 Å². The van der Waals surface area contributed by atoms with Gasteiger partial charge in [0, 0.05) is 29.9 Å². The molecule has 0 aromatic heterocycles. The summed E-state index contributed by atoms with van der Waals surface area (Å²) in [7, 11) is 1.32. The molecule has 2 aromatic carbocycles. The topological polar surface area (TPSA) is 84.5 Å². The number of hydrogen-bond donors (Lipinski definition) is 2. The minimum absolute atomic E-state index is 0.00297. The molecule has 2 rings (SSSR count). The quantitative estimate of drug-likeness (QED) is 0.597. The van der Waals surface area contributed by atoms with Crippen LogP contribution < -0.4 is 10.6 Å². The minimum Gasteiger partial charge on any atom is -0.465 e. The summed E-state index contributed by atoms with van der Waals surface area (Å²) in [5.41, 5.74) is 2.45. The Morgan fingerprint density at radius 2 is 1.68 bits per heavy atom. The predicted molar refractivity (Wildman–Crippen MR) is 96.0 cm³/mol. The van der Waals surface area contributed by atoms with Crippen LogP contribution in [0.4, 0.5) is 11.4 Å². The second kappa shape index (κ2) is 8.63. The molecule has 0 aliphatic heterocycles. The van der Waals surface area contributed by atoms with E-state index in [4.69, 9.17) is 0 Å². The Hall–Kier alpha value is -3.15. The van der Waals surface area contributed by atoms with Crippen molar-refractivity contribution < 1.29 is 19.1 Å². The maximum atomic E-state index is 12.0. The van der Waals surface area contributed by atoms with E-state index < -0.39 is 5.97 Å². The summed E-state index contributed by atoms with van der Waals surface area (Å²) in [6.45, 7) is 1.95. The molecule has 0 aliphatic carbocycles. The molecule has 0 spiro atoms. The molecule has 0 radical (unpaired) electrons. The van der Waals surface area contributed by atoms with Gasteiger partial charge in [0.25, 0.3) is 0 Å². The highest BCUT2D eigenvalue weighted by Gasteiger charge is 2.06. The number of rotatable bonds is 7. The first-order chi connectivity index (χ1) is 12.0. The van der Waals surface area contributed by atoms with Crippen LogP contribution in [0, 0.1) is 0 Å². The first-order valence-electron chi connectivity index (χ1n) is 7.82. The number of esters is 1. The second-order valence-electron chi connectivity index (χ2n) is 5.43. The van der Waals surface area contributed by atoms with Crippen LogP contribution in [-0.4, -0.2) is 31.3 Å². The van der Waals surface area contributed by atoms with Crippen LogP contribution >= 0.6 is 0 Å². The lowest BCUT2D eigenvalue weighted by atomic mass is 10.1. The van der Waals surface area contributed by atoms with Crippen LogP contribution in [0.15, 0.2) is 48.5 Å². The molecule has 130 valence electrons. The summed E-state index contributed by atoms with van der Waals surface area (Å²) in [4.78, 5) is 34.7. The van der Waals surface area contributed by atoms with Gasteiger partial charge in [-0.1, -0.05) is 12.1 Å². The van der Waals surface area contributed by atoms with E-state index in [1.165, 1.54) is 14.0 Å². The van der Waals surface area contributed by atoms with Crippen molar-refractivity contribution in [3.63, 3.8) is 0 Å². The monoisotopic (exact) mass is 340 g/mol. The van der Waals surface area contributed by atoms with Crippen molar-refractivity contribution in [2.24, 2.45) is 0 Å². The smallest absolute Gasteiger partial charge is 0.337 e. The number of ether oxygens (including phenoxy) is 1. The van der Waals surface area contributed by atoms with E-state index in [2.05, 4.69) is 15.4 Å². The lowest BCUT2D eigenvalue weighted by molar-refractivity contribution is -0.115. The number of Topliss-reactive ketones (excluding diaryl/α,β-unsaturated/α-hetero) is 1. The van der Waals surface area contributed by atoms with E-state index in [0.29, 0.717) is 23.4 Å². The molecule has 0 atom stereocenters. The van der Waals surface area contributed by atoms with Gasteiger partial charge in [-0.15, -0.1) is 0 Å². The van der Waals surface area contributed by atoms with Crippen LogP contribution in [0.1, 0.15) is 34.1 Å². The number of anilines is 2. The summed E-state index contributed by atoms with van der Waals surface area (Å²) < 4.78 is 4.62. The molecule has 0 saturated carbocycles. The normalized spacial score (nSPS) is 10.0. The first kappa shape index (κ1) is 18.2. The predicted octanol–water partition coefficient (Wildman–Crippen LogP) is 3.12. The number of methoxy groups -OCH3 is 1. The molecule has 0 bridgehead atoms. The highest BCUT2D eigenvalue weighted by atomic mass is 16.5. The number of amides is 1. The van der Waals surface area contributed by atoms with E-state index in [9.17, 15) is 14.4 Å². The first-order valence-corrected chi connectivity index (χ1v) is 7.82. The Bertz CT molecular complexity index is 769. The Balaban J connectivity index is 1.82. The van der Waals surface area contributed by atoms with Crippen LogP contribution in [0.5, 0.6) is 0 Å². The van der Waals surface area contributed by atoms with Gasteiger partial charge in [-0.2, -0.15) is 0 Å². The number of carbonyl (C=O) groups excluding carboxylic acids is 3. The zero-order chi connectivity index (χ0) is 18.2. The Kier molecular flexibility index (Phi) is 6.28. The lowest BCUT2D eigenvalue weighted by Gasteiger charge is -2.09. The largest absolute Gasteiger partial charge is 0.465 e. The van der Waals surface area contributed by atoms with E-state index in [-0.39, 0.29) is 18.1 Å². The number of ketones is 1. The number of benzene rings is 2. The molecule has 0 fully saturated rings. The highest BCUT2D eigenvalue weighted by molar-refractivity contribution is 5.95. The number of carbonyl (C=O) groups is 3. The molecule has 0 heterocycles. The van der Waals surface area contributed by atoms with Crippen LogP contribution in [0.3, 0.4) is 0 Å². The lowest BCUT2D eigenvalue weighted by Crippen LogP contribution is -2.16. The molecule has 2 N–H and O–H groups in total. The highest BCUT2D eigenvalue weighted by Crippen LogP contribution is 2.12. The fraction of sp³-hybridized carbons (Fsp3) is 0.211. The average molecular weight is 340 g/mol. The summed E-state index contributed by atoms with van der Waals surface area (Å²) in [6.07, 6.45) is 0.267. The zero-order valence-corrected chi connectivity index (χ0v) is 14.2. The van der Waals surface area contributed by atoms with E-state index in [1.807, 2.05) is 6.07 Å². The van der Waals surface area contributed by atoms with Gasteiger partial charge in [0.05, 0.1) is 12.7 Å². The minimum atomic E-state index is -0.421. The maximum Gasteiger partial charge on any atom is 0.337 e. The van der Waals surface area contributed by atoms with Crippen molar-refractivity contribution in [1.29, 1.82) is 0 Å². The maximum absolute atomic E-state index is 12.0. The van der Waals surface area contributed by atoms with Crippen molar-refractivity contribution in [2.45, 2.75) is 13.3 Å². The van der Waals surface area contributed by atoms with Gasteiger partial charge in [-0.3, -0.25) is 9.59 Å². The van der Waals surface area contributed by atoms with Gasteiger partial charge in [0.1, 0.15) is 0 Å². The van der Waals surface area contributed by atoms with Gasteiger partial charge in [0.15, 0.2) is 5.78 Å². The van der Waals surface area contributed by atoms with Crippen molar-refractivity contribution in [1.82, 2.24) is 0 Å². The zero-order valence-electron chi connectivity index (χ0n) is 14.2.